The number of esters is 1. The van der Waals surface area contributed by atoms with Crippen LogP contribution in [0.1, 0.15) is 12.5 Å². The van der Waals surface area contributed by atoms with Crippen LogP contribution >= 0.6 is 12.2 Å². The van der Waals surface area contributed by atoms with Crippen LogP contribution in [0.15, 0.2) is 46.9 Å². The van der Waals surface area contributed by atoms with Crippen LogP contribution in [0.4, 0.5) is 0 Å². The van der Waals surface area contributed by atoms with Crippen LogP contribution in [0.3, 0.4) is 0 Å². The highest BCUT2D eigenvalue weighted by Crippen LogP contribution is 2.14. The maximum Gasteiger partial charge on any atom is 0.346 e. The summed E-state index contributed by atoms with van der Waals surface area (Å²) in [4.78, 5) is 11.7. The van der Waals surface area contributed by atoms with Crippen LogP contribution in [-0.2, 0) is 20.7 Å². The molecule has 1 heterocycles. The molecule has 0 saturated heterocycles. The number of hydrazone groups is 1. The minimum absolute atomic E-state index is 0.0151. The molecule has 0 amide bonds. The van der Waals surface area contributed by atoms with E-state index in [4.69, 9.17) is 27.4 Å². The number of ether oxygens (including phenoxy) is 2. The molecule has 0 saturated carbocycles. The summed E-state index contributed by atoms with van der Waals surface area (Å²) in [6, 6.07) is 9.68. The SMILES string of the molecule is CCOC(=O)/C(C(N)=S)=C1/NN=C(Cc2ccccc2)O1. The molecule has 1 aromatic carbocycles. The number of thiocarbonyl (C=S) groups is 1. The van der Waals surface area contributed by atoms with Gasteiger partial charge in [-0.2, -0.15) is 0 Å². The molecule has 7 heteroatoms. The maximum atomic E-state index is 11.8. The van der Waals surface area contributed by atoms with Crippen molar-refractivity contribution in [2.45, 2.75) is 13.3 Å². The molecular weight excluding hydrogens is 290 g/mol. The largest absolute Gasteiger partial charge is 0.462 e. The van der Waals surface area contributed by atoms with Gasteiger partial charge in [0.25, 0.3) is 0 Å². The predicted molar refractivity (Wildman–Crippen MR) is 82.2 cm³/mol. The highest BCUT2D eigenvalue weighted by atomic mass is 32.1. The molecule has 0 aromatic heterocycles. The van der Waals surface area contributed by atoms with E-state index in [0.717, 1.165) is 5.56 Å². The second-order valence-electron chi connectivity index (χ2n) is 4.17. The smallest absolute Gasteiger partial charge is 0.346 e. The first-order valence-electron chi connectivity index (χ1n) is 6.37. The molecule has 1 aliphatic rings. The van der Waals surface area contributed by atoms with E-state index in [0.29, 0.717) is 12.3 Å². The van der Waals surface area contributed by atoms with Crippen LogP contribution in [0.25, 0.3) is 0 Å². The number of benzene rings is 1. The fourth-order valence-electron chi connectivity index (χ4n) is 1.74. The summed E-state index contributed by atoms with van der Waals surface area (Å²) in [6.07, 6.45) is 0.491. The zero-order valence-corrected chi connectivity index (χ0v) is 12.3. The van der Waals surface area contributed by atoms with Gasteiger partial charge in [0.2, 0.25) is 11.8 Å². The standard InChI is InChI=1S/C14H15N3O3S/c1-2-19-14(18)11(12(15)21)13-17-16-10(20-13)8-9-6-4-3-5-7-9/h3-7,17H,2,8H2,1H3,(H2,15,21)/b13-11-. The van der Waals surface area contributed by atoms with E-state index in [1.54, 1.807) is 6.92 Å². The van der Waals surface area contributed by atoms with Gasteiger partial charge in [0.05, 0.1) is 13.0 Å². The molecule has 2 rings (SSSR count). The van der Waals surface area contributed by atoms with Gasteiger partial charge in [-0.1, -0.05) is 42.5 Å². The van der Waals surface area contributed by atoms with Gasteiger partial charge >= 0.3 is 5.97 Å². The lowest BCUT2D eigenvalue weighted by atomic mass is 10.1. The second kappa shape index (κ2) is 6.85. The van der Waals surface area contributed by atoms with Crippen molar-refractivity contribution in [3.63, 3.8) is 0 Å². The van der Waals surface area contributed by atoms with Crippen molar-refractivity contribution in [1.29, 1.82) is 0 Å². The first-order chi connectivity index (χ1) is 10.1. The Morgan fingerprint density at radius 2 is 2.14 bits per heavy atom. The van der Waals surface area contributed by atoms with Crippen molar-refractivity contribution < 1.29 is 14.3 Å². The molecular formula is C14H15N3O3S. The van der Waals surface area contributed by atoms with Crippen molar-refractivity contribution in [3.8, 4) is 0 Å². The highest BCUT2D eigenvalue weighted by Gasteiger charge is 2.26. The van der Waals surface area contributed by atoms with E-state index >= 15 is 0 Å². The van der Waals surface area contributed by atoms with E-state index in [-0.39, 0.29) is 23.1 Å². The fourth-order valence-corrected chi connectivity index (χ4v) is 1.91. The lowest BCUT2D eigenvalue weighted by Crippen LogP contribution is -2.25. The van der Waals surface area contributed by atoms with Gasteiger partial charge in [0.15, 0.2) is 5.57 Å². The Hall–Kier alpha value is -2.41. The molecule has 0 atom stereocenters. The second-order valence-corrected chi connectivity index (χ2v) is 4.61. The maximum absolute atomic E-state index is 11.8. The fraction of sp³-hybridized carbons (Fsp3) is 0.214. The van der Waals surface area contributed by atoms with Crippen LogP contribution in [0.5, 0.6) is 0 Å². The molecule has 1 aliphatic heterocycles. The Bertz CT molecular complexity index is 611. The van der Waals surface area contributed by atoms with Crippen molar-refractivity contribution in [2.24, 2.45) is 10.8 Å². The third kappa shape index (κ3) is 3.79. The van der Waals surface area contributed by atoms with Gasteiger partial charge in [-0.25, -0.2) is 10.2 Å². The normalized spacial score (nSPS) is 15.6. The predicted octanol–water partition coefficient (Wildman–Crippen LogP) is 1.22. The molecule has 0 radical (unpaired) electrons. The van der Waals surface area contributed by atoms with Crippen molar-refractivity contribution in [1.82, 2.24) is 5.43 Å². The number of nitrogens with two attached hydrogens (primary N) is 1. The monoisotopic (exact) mass is 305 g/mol. The number of carbonyl (C=O) groups is 1. The summed E-state index contributed by atoms with van der Waals surface area (Å²) in [5, 5.41) is 4.02. The summed E-state index contributed by atoms with van der Waals surface area (Å²) in [5.41, 5.74) is 9.19. The van der Waals surface area contributed by atoms with Crippen molar-refractivity contribution in [3.05, 3.63) is 47.4 Å². The first-order valence-corrected chi connectivity index (χ1v) is 6.78. The molecule has 0 aliphatic carbocycles. The molecule has 3 N–H and O–H groups in total. The Labute approximate surface area is 127 Å². The van der Waals surface area contributed by atoms with Gasteiger partial charge in [0.1, 0.15) is 4.99 Å². The number of carbonyl (C=O) groups excluding carboxylic acids is 1. The lowest BCUT2D eigenvalue weighted by molar-refractivity contribution is -0.138. The molecule has 0 spiro atoms. The highest BCUT2D eigenvalue weighted by molar-refractivity contribution is 7.80. The molecule has 0 bridgehead atoms. The third-order valence-electron chi connectivity index (χ3n) is 2.65. The topological polar surface area (TPSA) is 85.9 Å². The van der Waals surface area contributed by atoms with Crippen LogP contribution in [0, 0.1) is 0 Å². The quantitative estimate of drug-likeness (QED) is 0.483. The molecule has 1 aromatic rings. The van der Waals surface area contributed by atoms with E-state index < -0.39 is 5.97 Å². The zero-order valence-electron chi connectivity index (χ0n) is 11.5. The summed E-state index contributed by atoms with van der Waals surface area (Å²) in [7, 11) is 0. The van der Waals surface area contributed by atoms with Crippen LogP contribution < -0.4 is 11.2 Å². The number of nitrogens with zero attached hydrogens (tertiary/aromatic N) is 1. The number of nitrogens with one attached hydrogen (secondary N) is 1. The molecule has 6 nitrogen and oxygen atoms in total. The van der Waals surface area contributed by atoms with Gasteiger partial charge in [0, 0.05) is 0 Å². The summed E-state index contributed by atoms with van der Waals surface area (Å²) in [5.74, 6) is -0.107. The van der Waals surface area contributed by atoms with Gasteiger partial charge in [-0.3, -0.25) is 0 Å². The number of hydrogen-bond donors (Lipinski definition) is 2. The summed E-state index contributed by atoms with van der Waals surface area (Å²) >= 11 is 4.86. The van der Waals surface area contributed by atoms with Gasteiger partial charge < -0.3 is 15.2 Å². The van der Waals surface area contributed by atoms with E-state index in [1.165, 1.54) is 0 Å². The Balaban J connectivity index is 2.12. The third-order valence-corrected chi connectivity index (χ3v) is 2.86. The van der Waals surface area contributed by atoms with E-state index in [9.17, 15) is 4.79 Å². The molecule has 0 fully saturated rings. The minimum atomic E-state index is -0.635. The average Bonchev–Trinajstić information content (AvgIpc) is 2.88. The van der Waals surface area contributed by atoms with E-state index in [2.05, 4.69) is 10.5 Å². The summed E-state index contributed by atoms with van der Waals surface area (Å²) < 4.78 is 10.4. The van der Waals surface area contributed by atoms with Crippen molar-refractivity contribution >= 4 is 29.1 Å². The first kappa shape index (κ1) is 15.0. The Morgan fingerprint density at radius 3 is 2.76 bits per heavy atom. The molecule has 0 unspecified atom stereocenters. The van der Waals surface area contributed by atoms with Gasteiger partial charge in [-0.15, -0.1) is 5.10 Å². The molecule has 110 valence electrons. The van der Waals surface area contributed by atoms with Crippen LogP contribution in [-0.4, -0.2) is 23.5 Å². The number of rotatable bonds is 5. The average molecular weight is 305 g/mol. The number of hydrogen-bond acceptors (Lipinski definition) is 6. The summed E-state index contributed by atoms with van der Waals surface area (Å²) in [6.45, 7) is 1.91. The van der Waals surface area contributed by atoms with Gasteiger partial charge in [-0.05, 0) is 12.5 Å². The Morgan fingerprint density at radius 1 is 1.43 bits per heavy atom. The zero-order chi connectivity index (χ0) is 15.2. The van der Waals surface area contributed by atoms with Crippen LogP contribution in [0.2, 0.25) is 0 Å². The van der Waals surface area contributed by atoms with Crippen molar-refractivity contribution in [2.75, 3.05) is 6.61 Å². The Kier molecular flexibility index (Phi) is 4.89. The minimum Gasteiger partial charge on any atom is -0.462 e. The molecule has 21 heavy (non-hydrogen) atoms. The lowest BCUT2D eigenvalue weighted by Gasteiger charge is -2.08. The van der Waals surface area contributed by atoms with E-state index in [1.807, 2.05) is 30.3 Å².